The van der Waals surface area contributed by atoms with Crippen LogP contribution < -0.4 is 0 Å². The molecule has 3 nitrogen and oxygen atoms in total. The second kappa shape index (κ2) is 5.80. The highest BCUT2D eigenvalue weighted by Gasteiger charge is 2.27. The smallest absolute Gasteiger partial charge is 0.305 e. The summed E-state index contributed by atoms with van der Waals surface area (Å²) in [6.45, 7) is 2.19. The van der Waals surface area contributed by atoms with Gasteiger partial charge in [0.15, 0.2) is 5.78 Å². The van der Waals surface area contributed by atoms with Gasteiger partial charge in [0.2, 0.25) is 0 Å². The number of hydrogen-bond acceptors (Lipinski definition) is 3. The summed E-state index contributed by atoms with van der Waals surface area (Å²) in [5.74, 6) is -0.0467. The van der Waals surface area contributed by atoms with Crippen LogP contribution in [-0.2, 0) is 16.0 Å². The summed E-state index contributed by atoms with van der Waals surface area (Å²) in [5, 5.41) is 0. The van der Waals surface area contributed by atoms with E-state index in [1.54, 1.807) is 6.92 Å². The third-order valence-electron chi connectivity index (χ3n) is 3.42. The summed E-state index contributed by atoms with van der Waals surface area (Å²) in [5.41, 5.74) is 1.97. The molecule has 0 aromatic heterocycles. The van der Waals surface area contributed by atoms with E-state index in [-0.39, 0.29) is 17.7 Å². The highest BCUT2D eigenvalue weighted by molar-refractivity contribution is 6.00. The number of benzene rings is 1. The Kier molecular flexibility index (Phi) is 4.13. The zero-order valence-corrected chi connectivity index (χ0v) is 10.6. The molecule has 18 heavy (non-hydrogen) atoms. The van der Waals surface area contributed by atoms with Gasteiger partial charge in [-0.1, -0.05) is 24.3 Å². The summed E-state index contributed by atoms with van der Waals surface area (Å²) in [6, 6.07) is 7.75. The highest BCUT2D eigenvalue weighted by atomic mass is 16.5. The number of esters is 1. The van der Waals surface area contributed by atoms with Crippen molar-refractivity contribution < 1.29 is 14.3 Å². The van der Waals surface area contributed by atoms with Crippen LogP contribution in [0.25, 0.3) is 0 Å². The first-order valence-electron chi connectivity index (χ1n) is 6.50. The number of ketones is 1. The standard InChI is InChI=1S/C15H18O3/c1-2-18-14(16)10-9-12-8-7-11-5-3-4-6-13(11)15(12)17/h3-6,12H,2,7-10H2,1H3. The Labute approximate surface area is 107 Å². The molecule has 0 aliphatic heterocycles. The molecule has 0 N–H and O–H groups in total. The second-order valence-electron chi connectivity index (χ2n) is 4.60. The predicted octanol–water partition coefficient (Wildman–Crippen LogP) is 2.78. The van der Waals surface area contributed by atoms with E-state index in [2.05, 4.69) is 0 Å². The minimum absolute atomic E-state index is 0.0238. The fraction of sp³-hybridized carbons (Fsp3) is 0.467. The Bertz CT molecular complexity index is 451. The molecule has 1 aromatic rings. The molecule has 1 unspecified atom stereocenters. The zero-order valence-electron chi connectivity index (χ0n) is 10.6. The molecule has 3 heteroatoms. The molecule has 96 valence electrons. The van der Waals surface area contributed by atoms with Gasteiger partial charge in [0.1, 0.15) is 0 Å². The van der Waals surface area contributed by atoms with E-state index >= 15 is 0 Å². The number of carbonyl (C=O) groups excluding carboxylic acids is 2. The van der Waals surface area contributed by atoms with Gasteiger partial charge >= 0.3 is 5.97 Å². The van der Waals surface area contributed by atoms with E-state index in [0.717, 1.165) is 24.0 Å². The molecule has 0 amide bonds. The van der Waals surface area contributed by atoms with Gasteiger partial charge in [-0.15, -0.1) is 0 Å². The average molecular weight is 246 g/mol. The van der Waals surface area contributed by atoms with E-state index in [0.29, 0.717) is 19.4 Å². The van der Waals surface area contributed by atoms with Crippen molar-refractivity contribution >= 4 is 11.8 Å². The molecular formula is C15H18O3. The third-order valence-corrected chi connectivity index (χ3v) is 3.42. The normalized spacial score (nSPS) is 18.3. The maximum absolute atomic E-state index is 12.2. The first-order valence-corrected chi connectivity index (χ1v) is 6.50. The molecule has 1 aliphatic rings. The Morgan fingerprint density at radius 2 is 2.17 bits per heavy atom. The molecule has 1 aromatic carbocycles. The van der Waals surface area contributed by atoms with Gasteiger partial charge in [-0.05, 0) is 31.7 Å². The topological polar surface area (TPSA) is 43.4 Å². The van der Waals surface area contributed by atoms with Crippen molar-refractivity contribution in [2.45, 2.75) is 32.6 Å². The van der Waals surface area contributed by atoms with Crippen molar-refractivity contribution in [2.24, 2.45) is 5.92 Å². The number of Topliss-reactive ketones (excluding diaryl/α,β-unsaturated/α-hetero) is 1. The minimum Gasteiger partial charge on any atom is -0.466 e. The Morgan fingerprint density at radius 3 is 2.94 bits per heavy atom. The van der Waals surface area contributed by atoms with Crippen molar-refractivity contribution in [3.05, 3.63) is 35.4 Å². The SMILES string of the molecule is CCOC(=O)CCC1CCc2ccccc2C1=O. The van der Waals surface area contributed by atoms with Crippen LogP contribution in [0.15, 0.2) is 24.3 Å². The molecule has 0 spiro atoms. The van der Waals surface area contributed by atoms with E-state index < -0.39 is 0 Å². The van der Waals surface area contributed by atoms with E-state index in [4.69, 9.17) is 4.74 Å². The lowest BCUT2D eigenvalue weighted by atomic mass is 9.80. The van der Waals surface area contributed by atoms with Crippen LogP contribution in [0.2, 0.25) is 0 Å². The zero-order chi connectivity index (χ0) is 13.0. The third kappa shape index (κ3) is 2.78. The largest absolute Gasteiger partial charge is 0.466 e. The Morgan fingerprint density at radius 1 is 1.39 bits per heavy atom. The summed E-state index contributed by atoms with van der Waals surface area (Å²) in [7, 11) is 0. The van der Waals surface area contributed by atoms with Crippen LogP contribution in [0.1, 0.15) is 42.1 Å². The minimum atomic E-state index is -0.204. The van der Waals surface area contributed by atoms with Crippen LogP contribution in [0.3, 0.4) is 0 Å². The van der Waals surface area contributed by atoms with Crippen molar-refractivity contribution in [2.75, 3.05) is 6.61 Å². The quantitative estimate of drug-likeness (QED) is 0.767. The van der Waals surface area contributed by atoms with Gasteiger partial charge in [-0.3, -0.25) is 9.59 Å². The van der Waals surface area contributed by atoms with Gasteiger partial charge in [-0.2, -0.15) is 0 Å². The molecule has 0 saturated carbocycles. The molecular weight excluding hydrogens is 228 g/mol. The summed E-state index contributed by atoms with van der Waals surface area (Å²) >= 11 is 0. The summed E-state index contributed by atoms with van der Waals surface area (Å²) < 4.78 is 4.89. The van der Waals surface area contributed by atoms with E-state index in [1.165, 1.54) is 0 Å². The Hall–Kier alpha value is -1.64. The van der Waals surface area contributed by atoms with E-state index in [1.807, 2.05) is 24.3 Å². The van der Waals surface area contributed by atoms with Crippen LogP contribution in [0.5, 0.6) is 0 Å². The molecule has 0 heterocycles. The molecule has 1 atom stereocenters. The molecule has 0 radical (unpaired) electrons. The number of rotatable bonds is 4. The predicted molar refractivity (Wildman–Crippen MR) is 68.5 cm³/mol. The van der Waals surface area contributed by atoms with Crippen molar-refractivity contribution in [3.63, 3.8) is 0 Å². The number of ether oxygens (including phenoxy) is 1. The maximum Gasteiger partial charge on any atom is 0.305 e. The average Bonchev–Trinajstić information content (AvgIpc) is 2.39. The van der Waals surface area contributed by atoms with Gasteiger partial charge in [0.25, 0.3) is 0 Å². The number of fused-ring (bicyclic) bond motifs is 1. The molecule has 0 fully saturated rings. The lowest BCUT2D eigenvalue weighted by Crippen LogP contribution is -2.23. The van der Waals surface area contributed by atoms with Gasteiger partial charge < -0.3 is 4.74 Å². The summed E-state index contributed by atoms with van der Waals surface area (Å²) in [4.78, 5) is 23.5. The Balaban J connectivity index is 1.97. The molecule has 1 aliphatic carbocycles. The first kappa shape index (κ1) is 12.8. The van der Waals surface area contributed by atoms with Gasteiger partial charge in [-0.25, -0.2) is 0 Å². The fourth-order valence-corrected chi connectivity index (χ4v) is 2.46. The first-order chi connectivity index (χ1) is 8.72. The second-order valence-corrected chi connectivity index (χ2v) is 4.60. The van der Waals surface area contributed by atoms with Crippen molar-refractivity contribution in [3.8, 4) is 0 Å². The van der Waals surface area contributed by atoms with Gasteiger partial charge in [0, 0.05) is 17.9 Å². The van der Waals surface area contributed by atoms with Crippen LogP contribution in [0, 0.1) is 5.92 Å². The number of hydrogen-bond donors (Lipinski definition) is 0. The van der Waals surface area contributed by atoms with Crippen LogP contribution >= 0.6 is 0 Å². The fourth-order valence-electron chi connectivity index (χ4n) is 2.46. The van der Waals surface area contributed by atoms with Crippen LogP contribution in [-0.4, -0.2) is 18.4 Å². The van der Waals surface area contributed by atoms with E-state index in [9.17, 15) is 9.59 Å². The van der Waals surface area contributed by atoms with Crippen LogP contribution in [0.4, 0.5) is 0 Å². The lowest BCUT2D eigenvalue weighted by molar-refractivity contribution is -0.143. The van der Waals surface area contributed by atoms with Crippen molar-refractivity contribution in [1.82, 2.24) is 0 Å². The highest BCUT2D eigenvalue weighted by Crippen LogP contribution is 2.28. The van der Waals surface area contributed by atoms with Crippen molar-refractivity contribution in [1.29, 1.82) is 0 Å². The number of carbonyl (C=O) groups is 2. The molecule has 0 saturated heterocycles. The lowest BCUT2D eigenvalue weighted by Gasteiger charge is -2.22. The maximum atomic E-state index is 12.2. The van der Waals surface area contributed by atoms with Gasteiger partial charge in [0.05, 0.1) is 6.61 Å². The monoisotopic (exact) mass is 246 g/mol. The molecule has 0 bridgehead atoms. The number of aryl methyl sites for hydroxylation is 1. The summed E-state index contributed by atoms with van der Waals surface area (Å²) in [6.07, 6.45) is 2.71. The molecule has 2 rings (SSSR count).